The minimum atomic E-state index is -0.110. The zero-order chi connectivity index (χ0) is 19.8. The molecule has 1 heterocycles. The van der Waals surface area contributed by atoms with Gasteiger partial charge in [0.1, 0.15) is 11.5 Å². The highest BCUT2D eigenvalue weighted by Crippen LogP contribution is 2.15. The highest BCUT2D eigenvalue weighted by Gasteiger charge is 2.22. The largest absolute Gasteiger partial charge is 0.508 e. The molecule has 28 heavy (non-hydrogen) atoms. The molecule has 2 aromatic carbocycles. The van der Waals surface area contributed by atoms with Gasteiger partial charge in [-0.25, -0.2) is 0 Å². The molecule has 1 saturated heterocycles. The monoisotopic (exact) mass is 382 g/mol. The van der Waals surface area contributed by atoms with Crippen LogP contribution in [-0.2, 0) is 4.79 Å². The molecule has 2 amide bonds. The topological polar surface area (TPSA) is 70.1 Å². The maximum absolute atomic E-state index is 12.6. The van der Waals surface area contributed by atoms with Crippen LogP contribution in [0.2, 0.25) is 0 Å². The number of phenols is 1. The van der Waals surface area contributed by atoms with Gasteiger partial charge >= 0.3 is 0 Å². The molecular weight excluding hydrogens is 356 g/mol. The van der Waals surface area contributed by atoms with Crippen LogP contribution in [0.15, 0.2) is 54.6 Å². The van der Waals surface area contributed by atoms with Gasteiger partial charge in [0.2, 0.25) is 5.91 Å². The Hall–Kier alpha value is -3.02. The molecule has 0 aliphatic carbocycles. The van der Waals surface area contributed by atoms with Crippen LogP contribution in [0.3, 0.4) is 0 Å². The van der Waals surface area contributed by atoms with Gasteiger partial charge in [0, 0.05) is 38.2 Å². The zero-order valence-electron chi connectivity index (χ0n) is 15.9. The van der Waals surface area contributed by atoms with Gasteiger partial charge in [0.15, 0.2) is 0 Å². The molecule has 148 valence electrons. The van der Waals surface area contributed by atoms with Crippen LogP contribution in [0.4, 0.5) is 0 Å². The van der Waals surface area contributed by atoms with E-state index in [1.807, 2.05) is 35.2 Å². The van der Waals surface area contributed by atoms with Crippen LogP contribution in [-0.4, -0.2) is 59.5 Å². The summed E-state index contributed by atoms with van der Waals surface area (Å²) in [5, 5.41) is 9.57. The molecule has 0 bridgehead atoms. The summed E-state index contributed by atoms with van der Waals surface area (Å²) >= 11 is 0. The minimum Gasteiger partial charge on any atom is -0.508 e. The second-order valence-corrected chi connectivity index (χ2v) is 6.84. The van der Waals surface area contributed by atoms with E-state index in [0.29, 0.717) is 51.2 Å². The number of para-hydroxylation sites is 1. The second-order valence-electron chi connectivity index (χ2n) is 6.84. The fourth-order valence-electron chi connectivity index (χ4n) is 3.28. The summed E-state index contributed by atoms with van der Waals surface area (Å²) in [6.45, 7) is 2.80. The van der Waals surface area contributed by atoms with E-state index < -0.39 is 0 Å². The van der Waals surface area contributed by atoms with E-state index in [2.05, 4.69) is 0 Å². The first kappa shape index (κ1) is 19.7. The molecular formula is C22H26N2O4. The summed E-state index contributed by atoms with van der Waals surface area (Å²) < 4.78 is 5.63. The van der Waals surface area contributed by atoms with Crippen molar-refractivity contribution in [2.75, 3.05) is 32.8 Å². The predicted molar refractivity (Wildman–Crippen MR) is 106 cm³/mol. The van der Waals surface area contributed by atoms with E-state index in [1.54, 1.807) is 23.1 Å². The first-order valence-electron chi connectivity index (χ1n) is 9.67. The normalized spacial score (nSPS) is 14.4. The highest BCUT2D eigenvalue weighted by molar-refractivity contribution is 5.94. The smallest absolute Gasteiger partial charge is 0.254 e. The van der Waals surface area contributed by atoms with Gasteiger partial charge in [0.25, 0.3) is 5.91 Å². The third-order valence-corrected chi connectivity index (χ3v) is 4.78. The Labute approximate surface area is 165 Å². The zero-order valence-corrected chi connectivity index (χ0v) is 15.9. The minimum absolute atomic E-state index is 0.0789. The molecule has 0 aromatic heterocycles. The average Bonchev–Trinajstić information content (AvgIpc) is 2.98. The van der Waals surface area contributed by atoms with Gasteiger partial charge in [0.05, 0.1) is 6.61 Å². The van der Waals surface area contributed by atoms with Crippen molar-refractivity contribution in [1.29, 1.82) is 0 Å². The van der Waals surface area contributed by atoms with Crippen molar-refractivity contribution in [3.63, 3.8) is 0 Å². The quantitative estimate of drug-likeness (QED) is 0.780. The van der Waals surface area contributed by atoms with E-state index in [1.165, 1.54) is 6.07 Å². The lowest BCUT2D eigenvalue weighted by molar-refractivity contribution is -0.131. The van der Waals surface area contributed by atoms with Crippen LogP contribution in [0.25, 0.3) is 0 Å². The molecule has 2 aromatic rings. The van der Waals surface area contributed by atoms with E-state index in [4.69, 9.17) is 4.74 Å². The molecule has 3 rings (SSSR count). The highest BCUT2D eigenvalue weighted by atomic mass is 16.5. The molecule has 0 spiro atoms. The summed E-state index contributed by atoms with van der Waals surface area (Å²) in [6, 6.07) is 15.9. The van der Waals surface area contributed by atoms with Crippen LogP contribution >= 0.6 is 0 Å². The van der Waals surface area contributed by atoms with Gasteiger partial charge < -0.3 is 19.6 Å². The van der Waals surface area contributed by atoms with Crippen molar-refractivity contribution in [2.45, 2.75) is 19.3 Å². The van der Waals surface area contributed by atoms with Crippen molar-refractivity contribution in [2.24, 2.45) is 0 Å². The summed E-state index contributed by atoms with van der Waals surface area (Å²) in [4.78, 5) is 28.7. The summed E-state index contributed by atoms with van der Waals surface area (Å²) in [5.41, 5.74) is 0.470. The van der Waals surface area contributed by atoms with Crippen LogP contribution in [0, 0.1) is 0 Å². The van der Waals surface area contributed by atoms with Crippen molar-refractivity contribution in [3.05, 3.63) is 60.2 Å². The number of aromatic hydroxyl groups is 1. The van der Waals surface area contributed by atoms with E-state index in [-0.39, 0.29) is 17.6 Å². The molecule has 1 fully saturated rings. The van der Waals surface area contributed by atoms with Gasteiger partial charge in [-0.2, -0.15) is 0 Å². The molecule has 0 unspecified atom stereocenters. The maximum Gasteiger partial charge on any atom is 0.254 e. The molecule has 0 radical (unpaired) electrons. The Balaban J connectivity index is 1.44. The number of carbonyl (C=O) groups is 2. The van der Waals surface area contributed by atoms with Gasteiger partial charge in [-0.3, -0.25) is 9.59 Å². The second kappa shape index (κ2) is 9.78. The number of hydrogen-bond acceptors (Lipinski definition) is 4. The number of carbonyl (C=O) groups excluding carboxylic acids is 2. The summed E-state index contributed by atoms with van der Waals surface area (Å²) in [5.74, 6) is 0.880. The van der Waals surface area contributed by atoms with Gasteiger partial charge in [-0.15, -0.1) is 0 Å². The molecule has 6 heteroatoms. The third-order valence-electron chi connectivity index (χ3n) is 4.78. The van der Waals surface area contributed by atoms with E-state index in [0.717, 1.165) is 12.2 Å². The molecule has 1 aliphatic rings. The molecule has 1 aliphatic heterocycles. The Morgan fingerprint density at radius 2 is 1.68 bits per heavy atom. The molecule has 0 atom stereocenters. The van der Waals surface area contributed by atoms with Crippen LogP contribution in [0.1, 0.15) is 29.6 Å². The summed E-state index contributed by atoms with van der Waals surface area (Å²) in [6.07, 6.45) is 1.85. The number of amides is 2. The van der Waals surface area contributed by atoms with E-state index in [9.17, 15) is 14.7 Å². The average molecular weight is 382 g/mol. The number of benzene rings is 2. The fourth-order valence-corrected chi connectivity index (χ4v) is 3.28. The first-order chi connectivity index (χ1) is 13.6. The van der Waals surface area contributed by atoms with Crippen molar-refractivity contribution < 1.29 is 19.4 Å². The Kier molecular flexibility index (Phi) is 6.89. The van der Waals surface area contributed by atoms with Crippen molar-refractivity contribution in [3.8, 4) is 11.5 Å². The Morgan fingerprint density at radius 1 is 0.929 bits per heavy atom. The molecule has 0 saturated carbocycles. The maximum atomic E-state index is 12.6. The Bertz CT molecular complexity index is 794. The van der Waals surface area contributed by atoms with Crippen molar-refractivity contribution in [1.82, 2.24) is 9.80 Å². The van der Waals surface area contributed by atoms with Crippen LogP contribution < -0.4 is 4.74 Å². The number of hydrogen-bond donors (Lipinski definition) is 1. The third kappa shape index (κ3) is 5.49. The van der Waals surface area contributed by atoms with E-state index >= 15 is 0 Å². The van der Waals surface area contributed by atoms with Gasteiger partial charge in [-0.1, -0.05) is 24.3 Å². The lowest BCUT2D eigenvalue weighted by Crippen LogP contribution is -2.37. The summed E-state index contributed by atoms with van der Waals surface area (Å²) in [7, 11) is 0. The number of nitrogens with zero attached hydrogens (tertiary/aromatic N) is 2. The number of ether oxygens (including phenoxy) is 1. The van der Waals surface area contributed by atoms with Gasteiger partial charge in [-0.05, 0) is 43.2 Å². The number of rotatable bonds is 6. The SMILES string of the molecule is O=C(CCCOc1ccccc1)N1CCCN(C(=O)c2cccc(O)c2)CC1. The van der Waals surface area contributed by atoms with Crippen molar-refractivity contribution >= 4 is 11.8 Å². The molecule has 1 N–H and O–H groups in total. The fraction of sp³-hybridized carbons (Fsp3) is 0.364. The standard InChI is InChI=1S/C22H26N2O4/c25-19-8-4-7-18(17-19)22(27)24-13-6-12-23(14-15-24)21(26)11-5-16-28-20-9-2-1-3-10-20/h1-4,7-10,17,25H,5-6,11-16H2. The lowest BCUT2D eigenvalue weighted by atomic mass is 10.2. The first-order valence-corrected chi connectivity index (χ1v) is 9.67. The lowest BCUT2D eigenvalue weighted by Gasteiger charge is -2.22. The molecule has 6 nitrogen and oxygen atoms in total. The number of phenolic OH excluding ortho intramolecular Hbond substituents is 1. The van der Waals surface area contributed by atoms with Crippen LogP contribution in [0.5, 0.6) is 11.5 Å². The predicted octanol–water partition coefficient (Wildman–Crippen LogP) is 2.93. The Morgan fingerprint density at radius 3 is 2.46 bits per heavy atom.